The Balaban J connectivity index is 2.15. The van der Waals surface area contributed by atoms with Gasteiger partial charge in [0.15, 0.2) is 0 Å². The van der Waals surface area contributed by atoms with E-state index in [-0.39, 0.29) is 6.04 Å². The molecule has 1 atom stereocenters. The first kappa shape index (κ1) is 13.5. The molecule has 2 rings (SSSR count). The summed E-state index contributed by atoms with van der Waals surface area (Å²) in [6.45, 7) is 2.01. The van der Waals surface area contributed by atoms with Gasteiger partial charge >= 0.3 is 0 Å². The Bertz CT molecular complexity index is 517. The molecule has 0 radical (unpaired) electrons. The van der Waals surface area contributed by atoms with Gasteiger partial charge in [-0.3, -0.25) is 0 Å². The van der Waals surface area contributed by atoms with Crippen LogP contribution < -0.4 is 5.73 Å². The summed E-state index contributed by atoms with van der Waals surface area (Å²) in [5.41, 5.74) is 7.04. The van der Waals surface area contributed by atoms with Crippen LogP contribution in [0.5, 0.6) is 0 Å². The molecule has 5 heteroatoms. The van der Waals surface area contributed by atoms with E-state index in [1.54, 1.807) is 24.3 Å². The molecule has 3 nitrogen and oxygen atoms in total. The molecule has 18 heavy (non-hydrogen) atoms. The second-order valence-electron chi connectivity index (χ2n) is 4.10. The summed E-state index contributed by atoms with van der Waals surface area (Å²) >= 11 is 5.20. The molecule has 0 aliphatic carbocycles. The standard InChI is InChI=1S/C13H14BrN3S/c1-9(15)6-10-2-3-12(11(14)7-10)18-13-4-5-16-8-17-13/h2-5,7-9H,6,15H2,1H3. The van der Waals surface area contributed by atoms with E-state index in [0.717, 1.165) is 20.8 Å². The van der Waals surface area contributed by atoms with E-state index < -0.39 is 0 Å². The first-order valence-electron chi connectivity index (χ1n) is 5.63. The molecule has 2 N–H and O–H groups in total. The second kappa shape index (κ2) is 6.31. The quantitative estimate of drug-likeness (QED) is 0.877. The fourth-order valence-corrected chi connectivity index (χ4v) is 2.99. The first-order chi connectivity index (χ1) is 8.65. The van der Waals surface area contributed by atoms with Gasteiger partial charge in [-0.05, 0) is 53.0 Å². The van der Waals surface area contributed by atoms with Crippen LogP contribution in [0.2, 0.25) is 0 Å². The third-order valence-corrected chi connectivity index (χ3v) is 4.27. The number of aromatic nitrogens is 2. The van der Waals surface area contributed by atoms with Gasteiger partial charge in [-0.2, -0.15) is 0 Å². The van der Waals surface area contributed by atoms with Crippen LogP contribution in [0.15, 0.2) is 51.2 Å². The Morgan fingerprint density at radius 3 is 2.83 bits per heavy atom. The average Bonchev–Trinajstić information content (AvgIpc) is 2.33. The van der Waals surface area contributed by atoms with Crippen LogP contribution in [0.3, 0.4) is 0 Å². The number of halogens is 1. The third kappa shape index (κ3) is 3.80. The SMILES string of the molecule is CC(N)Cc1ccc(Sc2ccncn2)c(Br)c1. The molecule has 0 saturated heterocycles. The van der Waals surface area contributed by atoms with E-state index in [1.165, 1.54) is 5.56 Å². The Labute approximate surface area is 119 Å². The number of nitrogens with two attached hydrogens (primary N) is 1. The average molecular weight is 324 g/mol. The van der Waals surface area contributed by atoms with Crippen LogP contribution in [-0.4, -0.2) is 16.0 Å². The Hall–Kier alpha value is -0.910. The van der Waals surface area contributed by atoms with Crippen LogP contribution in [0.4, 0.5) is 0 Å². The molecule has 94 valence electrons. The van der Waals surface area contributed by atoms with Gasteiger partial charge in [0, 0.05) is 21.6 Å². The molecule has 0 amide bonds. The summed E-state index contributed by atoms with van der Waals surface area (Å²) < 4.78 is 1.07. The molecule has 0 saturated carbocycles. The van der Waals surface area contributed by atoms with E-state index in [9.17, 15) is 0 Å². The summed E-state index contributed by atoms with van der Waals surface area (Å²) in [6, 6.07) is 8.39. The van der Waals surface area contributed by atoms with Crippen LogP contribution in [0.1, 0.15) is 12.5 Å². The smallest absolute Gasteiger partial charge is 0.116 e. The molecular formula is C13H14BrN3S. The molecular weight excluding hydrogens is 310 g/mol. The zero-order valence-corrected chi connectivity index (χ0v) is 12.4. The fraction of sp³-hybridized carbons (Fsp3) is 0.231. The maximum Gasteiger partial charge on any atom is 0.116 e. The zero-order chi connectivity index (χ0) is 13.0. The van der Waals surface area contributed by atoms with Crippen molar-refractivity contribution >= 4 is 27.7 Å². The van der Waals surface area contributed by atoms with Crippen molar-refractivity contribution in [1.29, 1.82) is 0 Å². The van der Waals surface area contributed by atoms with E-state index in [0.29, 0.717) is 0 Å². The Morgan fingerprint density at radius 2 is 2.22 bits per heavy atom. The van der Waals surface area contributed by atoms with Crippen molar-refractivity contribution in [2.24, 2.45) is 5.73 Å². The lowest BCUT2D eigenvalue weighted by Gasteiger charge is -2.08. The molecule has 1 aromatic heterocycles. The molecule has 1 unspecified atom stereocenters. The molecule has 1 heterocycles. The monoisotopic (exact) mass is 323 g/mol. The van der Waals surface area contributed by atoms with Gasteiger partial charge in [-0.1, -0.05) is 17.8 Å². The molecule has 0 spiro atoms. The molecule has 0 fully saturated rings. The normalized spacial score (nSPS) is 12.4. The van der Waals surface area contributed by atoms with Gasteiger partial charge in [0.2, 0.25) is 0 Å². The predicted octanol–water partition coefficient (Wildman–Crippen LogP) is 3.28. The van der Waals surface area contributed by atoms with Crippen LogP contribution in [0, 0.1) is 0 Å². The molecule has 0 aliphatic heterocycles. The van der Waals surface area contributed by atoms with Gasteiger partial charge in [0.1, 0.15) is 11.4 Å². The van der Waals surface area contributed by atoms with Crippen molar-refractivity contribution in [2.75, 3.05) is 0 Å². The van der Waals surface area contributed by atoms with Crippen molar-refractivity contribution < 1.29 is 0 Å². The van der Waals surface area contributed by atoms with Gasteiger partial charge < -0.3 is 5.73 Å². The lowest BCUT2D eigenvalue weighted by molar-refractivity contribution is 0.737. The highest BCUT2D eigenvalue weighted by atomic mass is 79.9. The van der Waals surface area contributed by atoms with Crippen LogP contribution in [-0.2, 0) is 6.42 Å². The van der Waals surface area contributed by atoms with Crippen molar-refractivity contribution in [2.45, 2.75) is 29.3 Å². The van der Waals surface area contributed by atoms with Gasteiger partial charge in [-0.25, -0.2) is 9.97 Å². The Kier molecular flexibility index (Phi) is 4.74. The number of rotatable bonds is 4. The topological polar surface area (TPSA) is 51.8 Å². The maximum atomic E-state index is 5.80. The zero-order valence-electron chi connectivity index (χ0n) is 10.0. The lowest BCUT2D eigenvalue weighted by atomic mass is 10.1. The highest BCUT2D eigenvalue weighted by molar-refractivity contribution is 9.10. The summed E-state index contributed by atoms with van der Waals surface area (Å²) in [7, 11) is 0. The van der Waals surface area contributed by atoms with Crippen molar-refractivity contribution in [1.82, 2.24) is 9.97 Å². The fourth-order valence-electron chi connectivity index (χ4n) is 1.58. The minimum Gasteiger partial charge on any atom is -0.328 e. The van der Waals surface area contributed by atoms with E-state index in [4.69, 9.17) is 5.73 Å². The molecule has 0 aliphatic rings. The minimum atomic E-state index is 0.178. The van der Waals surface area contributed by atoms with E-state index in [2.05, 4.69) is 44.1 Å². The van der Waals surface area contributed by atoms with Crippen LogP contribution in [0.25, 0.3) is 0 Å². The van der Waals surface area contributed by atoms with Crippen molar-refractivity contribution in [3.63, 3.8) is 0 Å². The third-order valence-electron chi connectivity index (χ3n) is 2.32. The Morgan fingerprint density at radius 1 is 1.39 bits per heavy atom. The van der Waals surface area contributed by atoms with Crippen molar-refractivity contribution in [3.05, 3.63) is 46.8 Å². The lowest BCUT2D eigenvalue weighted by Crippen LogP contribution is -2.17. The van der Waals surface area contributed by atoms with Gasteiger partial charge in [0.05, 0.1) is 0 Å². The second-order valence-corrected chi connectivity index (χ2v) is 6.01. The summed E-state index contributed by atoms with van der Waals surface area (Å²) in [5, 5.41) is 0.936. The first-order valence-corrected chi connectivity index (χ1v) is 7.24. The predicted molar refractivity (Wildman–Crippen MR) is 77.7 cm³/mol. The summed E-state index contributed by atoms with van der Waals surface area (Å²) in [6.07, 6.45) is 4.19. The molecule has 1 aromatic carbocycles. The molecule has 0 bridgehead atoms. The summed E-state index contributed by atoms with van der Waals surface area (Å²) in [5.74, 6) is 0. The van der Waals surface area contributed by atoms with Crippen LogP contribution >= 0.6 is 27.7 Å². The largest absolute Gasteiger partial charge is 0.328 e. The van der Waals surface area contributed by atoms with E-state index >= 15 is 0 Å². The highest BCUT2D eigenvalue weighted by Crippen LogP contribution is 2.32. The van der Waals surface area contributed by atoms with Crippen molar-refractivity contribution in [3.8, 4) is 0 Å². The van der Waals surface area contributed by atoms with Gasteiger partial charge in [0.25, 0.3) is 0 Å². The minimum absolute atomic E-state index is 0.178. The van der Waals surface area contributed by atoms with E-state index in [1.807, 2.05) is 13.0 Å². The number of nitrogens with zero attached hydrogens (tertiary/aromatic N) is 2. The number of benzene rings is 1. The maximum absolute atomic E-state index is 5.80. The molecule has 2 aromatic rings. The van der Waals surface area contributed by atoms with Gasteiger partial charge in [-0.15, -0.1) is 0 Å². The summed E-state index contributed by atoms with van der Waals surface area (Å²) in [4.78, 5) is 9.24. The highest BCUT2D eigenvalue weighted by Gasteiger charge is 2.05. The number of hydrogen-bond donors (Lipinski definition) is 1. The number of hydrogen-bond acceptors (Lipinski definition) is 4.